The van der Waals surface area contributed by atoms with Crippen LogP contribution in [0, 0.1) is 11.6 Å². The van der Waals surface area contributed by atoms with Crippen LogP contribution in [0.1, 0.15) is 5.69 Å². The second kappa shape index (κ2) is 5.07. The number of halogens is 2. The molecule has 0 radical (unpaired) electrons. The first-order chi connectivity index (χ1) is 11.0. The molecule has 0 aliphatic carbocycles. The minimum atomic E-state index is -0.993. The molecular weight excluding hydrogens is 324 g/mol. The lowest BCUT2D eigenvalue weighted by atomic mass is 9.91. The summed E-state index contributed by atoms with van der Waals surface area (Å²) in [6, 6.07) is 4.90. The van der Waals surface area contributed by atoms with E-state index in [9.17, 15) is 13.9 Å². The molecule has 1 fully saturated rings. The smallest absolute Gasteiger partial charge is 0.205 e. The maximum Gasteiger partial charge on any atom is 0.205 e. The van der Waals surface area contributed by atoms with Gasteiger partial charge in [0.2, 0.25) is 5.13 Å². The lowest BCUT2D eigenvalue weighted by molar-refractivity contribution is 0.00336. The van der Waals surface area contributed by atoms with Gasteiger partial charge in [0.1, 0.15) is 17.2 Å². The van der Waals surface area contributed by atoms with Crippen molar-refractivity contribution in [2.75, 3.05) is 18.0 Å². The van der Waals surface area contributed by atoms with Crippen molar-refractivity contribution < 1.29 is 13.9 Å². The third kappa shape index (κ3) is 2.47. The number of nitrogens with zero attached hydrogens (tertiary/aromatic N) is 4. The second-order valence-corrected chi connectivity index (χ2v) is 6.15. The standard InChI is InChI=1S/C14H11F2N5OS/c15-9-3-8(4-10(16)5-9)12-18-13(23-20-12)21-6-14(22,7-21)11-1-2-17-19-11/h1-5,22H,6-7H2,(H,17,19). The number of H-pyrrole nitrogens is 1. The van der Waals surface area contributed by atoms with E-state index in [1.807, 2.05) is 4.90 Å². The topological polar surface area (TPSA) is 77.9 Å². The molecule has 0 bridgehead atoms. The number of aromatic nitrogens is 4. The van der Waals surface area contributed by atoms with Crippen LogP contribution in [0.25, 0.3) is 11.4 Å². The lowest BCUT2D eigenvalue weighted by Crippen LogP contribution is -2.59. The number of rotatable bonds is 3. The van der Waals surface area contributed by atoms with Gasteiger partial charge in [-0.15, -0.1) is 0 Å². The number of β-amino-alcohol motifs (C(OH)–C–C–N with tert-alkyl or cyclic N) is 1. The molecule has 2 aromatic heterocycles. The third-order valence-electron chi connectivity index (χ3n) is 3.71. The van der Waals surface area contributed by atoms with Crippen molar-refractivity contribution in [1.82, 2.24) is 19.6 Å². The van der Waals surface area contributed by atoms with Gasteiger partial charge in [-0.1, -0.05) is 0 Å². The van der Waals surface area contributed by atoms with Gasteiger partial charge in [-0.05, 0) is 18.2 Å². The van der Waals surface area contributed by atoms with Crippen molar-refractivity contribution in [2.24, 2.45) is 0 Å². The van der Waals surface area contributed by atoms with Gasteiger partial charge in [0, 0.05) is 29.4 Å². The minimum Gasteiger partial charge on any atom is -0.380 e. The van der Waals surface area contributed by atoms with Crippen LogP contribution >= 0.6 is 11.5 Å². The molecule has 6 nitrogen and oxygen atoms in total. The van der Waals surface area contributed by atoms with E-state index in [4.69, 9.17) is 0 Å². The van der Waals surface area contributed by atoms with E-state index in [0.29, 0.717) is 23.9 Å². The van der Waals surface area contributed by atoms with Crippen molar-refractivity contribution in [3.8, 4) is 11.4 Å². The van der Waals surface area contributed by atoms with E-state index in [1.54, 1.807) is 12.3 Å². The Hall–Kier alpha value is -2.39. The number of benzene rings is 1. The van der Waals surface area contributed by atoms with Crippen LogP contribution in [-0.2, 0) is 5.60 Å². The number of aromatic amines is 1. The van der Waals surface area contributed by atoms with Gasteiger partial charge < -0.3 is 10.0 Å². The number of hydrogen-bond acceptors (Lipinski definition) is 6. The molecule has 1 aliphatic rings. The molecule has 23 heavy (non-hydrogen) atoms. The molecule has 4 rings (SSSR count). The zero-order valence-corrected chi connectivity index (χ0v) is 12.5. The third-order valence-corrected chi connectivity index (χ3v) is 4.49. The molecule has 1 aliphatic heterocycles. The van der Waals surface area contributed by atoms with Crippen molar-refractivity contribution >= 4 is 16.7 Å². The summed E-state index contributed by atoms with van der Waals surface area (Å²) in [7, 11) is 0. The predicted octanol–water partition coefficient (Wildman–Crippen LogP) is 1.91. The Morgan fingerprint density at radius 2 is 1.96 bits per heavy atom. The first-order valence-corrected chi connectivity index (χ1v) is 7.58. The van der Waals surface area contributed by atoms with Gasteiger partial charge >= 0.3 is 0 Å². The molecule has 3 heterocycles. The molecule has 0 spiro atoms. The quantitative estimate of drug-likeness (QED) is 0.764. The van der Waals surface area contributed by atoms with Crippen molar-refractivity contribution in [3.05, 3.63) is 47.8 Å². The number of hydrogen-bond donors (Lipinski definition) is 2. The summed E-state index contributed by atoms with van der Waals surface area (Å²) < 4.78 is 30.7. The summed E-state index contributed by atoms with van der Waals surface area (Å²) in [5.74, 6) is -1.08. The maximum absolute atomic E-state index is 13.3. The molecule has 2 N–H and O–H groups in total. The average molecular weight is 335 g/mol. The van der Waals surface area contributed by atoms with E-state index >= 15 is 0 Å². The summed E-state index contributed by atoms with van der Waals surface area (Å²) >= 11 is 1.12. The highest BCUT2D eigenvalue weighted by Gasteiger charge is 2.45. The first kappa shape index (κ1) is 14.2. The van der Waals surface area contributed by atoms with Crippen LogP contribution in [-0.4, -0.2) is 37.8 Å². The maximum atomic E-state index is 13.3. The highest BCUT2D eigenvalue weighted by molar-refractivity contribution is 7.09. The van der Waals surface area contributed by atoms with Gasteiger partial charge in [-0.3, -0.25) is 5.10 Å². The summed E-state index contributed by atoms with van der Waals surface area (Å²) in [5, 5.41) is 17.6. The molecule has 0 amide bonds. The Labute approximate surface area is 133 Å². The molecule has 1 aromatic carbocycles. The highest BCUT2D eigenvalue weighted by Crippen LogP contribution is 2.36. The van der Waals surface area contributed by atoms with Crippen molar-refractivity contribution in [2.45, 2.75) is 5.60 Å². The van der Waals surface area contributed by atoms with E-state index in [0.717, 1.165) is 17.6 Å². The van der Waals surface area contributed by atoms with Gasteiger partial charge in [-0.2, -0.15) is 14.5 Å². The van der Waals surface area contributed by atoms with E-state index in [1.165, 1.54) is 12.1 Å². The van der Waals surface area contributed by atoms with Gasteiger partial charge in [0.05, 0.1) is 18.8 Å². The monoisotopic (exact) mass is 335 g/mol. The average Bonchev–Trinajstić information content (AvgIpc) is 3.14. The molecule has 0 saturated carbocycles. The van der Waals surface area contributed by atoms with Crippen LogP contribution in [0.3, 0.4) is 0 Å². The first-order valence-electron chi connectivity index (χ1n) is 6.81. The Morgan fingerprint density at radius 1 is 1.22 bits per heavy atom. The number of nitrogens with one attached hydrogen (secondary N) is 1. The molecule has 0 atom stereocenters. The molecule has 3 aromatic rings. The van der Waals surface area contributed by atoms with Crippen LogP contribution in [0.15, 0.2) is 30.5 Å². The van der Waals surface area contributed by atoms with E-state index in [2.05, 4.69) is 19.6 Å². The molecule has 9 heteroatoms. The van der Waals surface area contributed by atoms with Gasteiger partial charge in [0.25, 0.3) is 0 Å². The Morgan fingerprint density at radius 3 is 2.61 bits per heavy atom. The van der Waals surface area contributed by atoms with Crippen LogP contribution in [0.5, 0.6) is 0 Å². The Balaban J connectivity index is 1.54. The van der Waals surface area contributed by atoms with Crippen molar-refractivity contribution in [1.29, 1.82) is 0 Å². The summed E-state index contributed by atoms with van der Waals surface area (Å²) in [6.07, 6.45) is 1.58. The Kier molecular flexibility index (Phi) is 3.13. The minimum absolute atomic E-state index is 0.264. The molecule has 0 unspecified atom stereocenters. The molecule has 118 valence electrons. The summed E-state index contributed by atoms with van der Waals surface area (Å²) in [5.41, 5.74) is -0.0622. The largest absolute Gasteiger partial charge is 0.380 e. The lowest BCUT2D eigenvalue weighted by Gasteiger charge is -2.45. The fraction of sp³-hybridized carbons (Fsp3) is 0.214. The normalized spacial score (nSPS) is 16.4. The summed E-state index contributed by atoms with van der Waals surface area (Å²) in [4.78, 5) is 6.14. The number of aliphatic hydroxyl groups is 1. The van der Waals surface area contributed by atoms with Gasteiger partial charge in [-0.25, -0.2) is 8.78 Å². The van der Waals surface area contributed by atoms with Crippen LogP contribution in [0.2, 0.25) is 0 Å². The SMILES string of the molecule is OC1(c2ccn[nH]2)CN(c2nc(-c3cc(F)cc(F)c3)ns2)C1. The fourth-order valence-electron chi connectivity index (χ4n) is 2.55. The second-order valence-electron chi connectivity index (χ2n) is 5.42. The molecular formula is C14H11F2N5OS. The zero-order chi connectivity index (χ0) is 16.0. The summed E-state index contributed by atoms with van der Waals surface area (Å²) in [6.45, 7) is 0.697. The van der Waals surface area contributed by atoms with Crippen LogP contribution in [0.4, 0.5) is 13.9 Å². The van der Waals surface area contributed by atoms with Crippen molar-refractivity contribution in [3.63, 3.8) is 0 Å². The predicted molar refractivity (Wildman–Crippen MR) is 80.0 cm³/mol. The van der Waals surface area contributed by atoms with Crippen LogP contribution < -0.4 is 4.90 Å². The Bertz CT molecular complexity index is 824. The molecule has 1 saturated heterocycles. The number of anilines is 1. The van der Waals surface area contributed by atoms with E-state index in [-0.39, 0.29) is 11.4 Å². The zero-order valence-electron chi connectivity index (χ0n) is 11.7. The fourth-order valence-corrected chi connectivity index (χ4v) is 3.24. The van der Waals surface area contributed by atoms with E-state index < -0.39 is 17.2 Å². The van der Waals surface area contributed by atoms with Gasteiger partial charge in [0.15, 0.2) is 5.82 Å². The highest BCUT2D eigenvalue weighted by atomic mass is 32.1.